The summed E-state index contributed by atoms with van der Waals surface area (Å²) in [5, 5.41) is 19.5. The summed E-state index contributed by atoms with van der Waals surface area (Å²) in [6, 6.07) is 11.0. The van der Waals surface area contributed by atoms with E-state index in [1.807, 2.05) is 31.2 Å². The number of benzene rings is 1. The molecule has 3 rings (SSSR count). The van der Waals surface area contributed by atoms with Crippen LogP contribution < -0.4 is 0 Å². The number of nitrogens with zero attached hydrogens (tertiary/aromatic N) is 3. The standard InChI is InChI=1S/C18H13N3O2/c1-10-5-6-15-13(4-3-7-20-15)16(10)17-12(9-19)8-14(18(22)23)11(2)21-17/h3-8H,1-2H3,(H,22,23). The van der Waals surface area contributed by atoms with Crippen molar-refractivity contribution in [3.05, 3.63) is 58.9 Å². The summed E-state index contributed by atoms with van der Waals surface area (Å²) in [4.78, 5) is 20.0. The van der Waals surface area contributed by atoms with Gasteiger partial charge in [-0.2, -0.15) is 5.26 Å². The second-order valence-corrected chi connectivity index (χ2v) is 5.26. The maximum absolute atomic E-state index is 11.3. The first-order valence-electron chi connectivity index (χ1n) is 7.02. The normalized spacial score (nSPS) is 10.5. The smallest absolute Gasteiger partial charge is 0.337 e. The molecule has 3 aromatic rings. The Kier molecular flexibility index (Phi) is 3.51. The summed E-state index contributed by atoms with van der Waals surface area (Å²) in [5.41, 5.74) is 3.73. The van der Waals surface area contributed by atoms with Crippen molar-refractivity contribution in [2.45, 2.75) is 13.8 Å². The first-order chi connectivity index (χ1) is 11.0. The zero-order chi connectivity index (χ0) is 16.6. The molecule has 2 aromatic heterocycles. The van der Waals surface area contributed by atoms with Crippen LogP contribution in [0.15, 0.2) is 36.5 Å². The summed E-state index contributed by atoms with van der Waals surface area (Å²) in [6.45, 7) is 3.57. The average molecular weight is 303 g/mol. The molecule has 0 fully saturated rings. The minimum Gasteiger partial charge on any atom is -0.478 e. The molecule has 0 aliphatic heterocycles. The number of fused-ring (bicyclic) bond motifs is 1. The van der Waals surface area contributed by atoms with Crippen LogP contribution in [-0.4, -0.2) is 21.0 Å². The molecule has 0 spiro atoms. The van der Waals surface area contributed by atoms with Gasteiger partial charge in [0, 0.05) is 17.1 Å². The molecule has 1 aromatic carbocycles. The van der Waals surface area contributed by atoms with Crippen molar-refractivity contribution in [1.29, 1.82) is 5.26 Å². The fraction of sp³-hybridized carbons (Fsp3) is 0.111. The van der Waals surface area contributed by atoms with Crippen LogP contribution in [0.5, 0.6) is 0 Å². The van der Waals surface area contributed by atoms with E-state index in [0.29, 0.717) is 11.4 Å². The molecule has 0 aliphatic carbocycles. The lowest BCUT2D eigenvalue weighted by atomic mass is 9.95. The molecule has 0 aliphatic rings. The van der Waals surface area contributed by atoms with Crippen LogP contribution in [0.3, 0.4) is 0 Å². The second-order valence-electron chi connectivity index (χ2n) is 5.26. The lowest BCUT2D eigenvalue weighted by molar-refractivity contribution is 0.0695. The van der Waals surface area contributed by atoms with Crippen LogP contribution in [0.2, 0.25) is 0 Å². The molecule has 0 bridgehead atoms. The van der Waals surface area contributed by atoms with E-state index in [1.165, 1.54) is 6.07 Å². The van der Waals surface area contributed by atoms with Gasteiger partial charge in [-0.3, -0.25) is 9.97 Å². The number of carbonyl (C=O) groups is 1. The van der Waals surface area contributed by atoms with Crippen LogP contribution in [0.1, 0.15) is 27.2 Å². The minimum absolute atomic E-state index is 0.0429. The quantitative estimate of drug-likeness (QED) is 0.783. The van der Waals surface area contributed by atoms with Crippen molar-refractivity contribution in [1.82, 2.24) is 9.97 Å². The molecule has 23 heavy (non-hydrogen) atoms. The van der Waals surface area contributed by atoms with Gasteiger partial charge < -0.3 is 5.11 Å². The molecule has 0 saturated heterocycles. The van der Waals surface area contributed by atoms with Gasteiger partial charge in [0.05, 0.1) is 28.0 Å². The van der Waals surface area contributed by atoms with E-state index in [0.717, 1.165) is 22.0 Å². The van der Waals surface area contributed by atoms with Gasteiger partial charge in [-0.1, -0.05) is 12.1 Å². The minimum atomic E-state index is -1.09. The van der Waals surface area contributed by atoms with Crippen molar-refractivity contribution in [3.63, 3.8) is 0 Å². The van der Waals surface area contributed by atoms with Crippen LogP contribution in [0.4, 0.5) is 0 Å². The highest BCUT2D eigenvalue weighted by atomic mass is 16.4. The largest absolute Gasteiger partial charge is 0.478 e. The molecule has 0 radical (unpaired) electrons. The number of rotatable bonds is 2. The number of nitriles is 1. The van der Waals surface area contributed by atoms with E-state index in [2.05, 4.69) is 16.0 Å². The van der Waals surface area contributed by atoms with Crippen molar-refractivity contribution in [2.75, 3.05) is 0 Å². The monoisotopic (exact) mass is 303 g/mol. The molecule has 0 amide bonds. The van der Waals surface area contributed by atoms with E-state index in [4.69, 9.17) is 0 Å². The lowest BCUT2D eigenvalue weighted by Gasteiger charge is -2.12. The Morgan fingerprint density at radius 2 is 2.04 bits per heavy atom. The van der Waals surface area contributed by atoms with Crippen LogP contribution in [0, 0.1) is 25.2 Å². The highest BCUT2D eigenvalue weighted by Crippen LogP contribution is 2.32. The number of hydrogen-bond acceptors (Lipinski definition) is 4. The van der Waals surface area contributed by atoms with E-state index in [-0.39, 0.29) is 11.1 Å². The van der Waals surface area contributed by atoms with Gasteiger partial charge in [0.25, 0.3) is 0 Å². The van der Waals surface area contributed by atoms with E-state index in [1.54, 1.807) is 13.1 Å². The second kappa shape index (κ2) is 5.50. The van der Waals surface area contributed by atoms with Gasteiger partial charge in [0.15, 0.2) is 0 Å². The Morgan fingerprint density at radius 3 is 2.74 bits per heavy atom. The average Bonchev–Trinajstić information content (AvgIpc) is 2.54. The summed E-state index contributed by atoms with van der Waals surface area (Å²) >= 11 is 0. The number of pyridine rings is 2. The predicted molar refractivity (Wildman–Crippen MR) is 86.1 cm³/mol. The number of aromatic carboxylic acids is 1. The Bertz CT molecular complexity index is 987. The van der Waals surface area contributed by atoms with Crippen LogP contribution in [-0.2, 0) is 0 Å². The first kappa shape index (κ1) is 14.7. The highest BCUT2D eigenvalue weighted by molar-refractivity contribution is 5.97. The molecule has 5 heteroatoms. The topological polar surface area (TPSA) is 86.9 Å². The molecular formula is C18H13N3O2. The van der Waals surface area contributed by atoms with Gasteiger partial charge in [0.1, 0.15) is 6.07 Å². The number of carboxylic acids is 1. The van der Waals surface area contributed by atoms with Crippen molar-refractivity contribution in [2.24, 2.45) is 0 Å². The maximum Gasteiger partial charge on any atom is 0.337 e. The molecule has 1 N–H and O–H groups in total. The third-order valence-corrected chi connectivity index (χ3v) is 3.79. The van der Waals surface area contributed by atoms with Gasteiger partial charge in [-0.25, -0.2) is 4.79 Å². The zero-order valence-electron chi connectivity index (χ0n) is 12.7. The van der Waals surface area contributed by atoms with Gasteiger partial charge in [-0.15, -0.1) is 0 Å². The van der Waals surface area contributed by atoms with Gasteiger partial charge >= 0.3 is 5.97 Å². The third-order valence-electron chi connectivity index (χ3n) is 3.79. The maximum atomic E-state index is 11.3. The molecule has 2 heterocycles. The van der Waals surface area contributed by atoms with Crippen LogP contribution >= 0.6 is 0 Å². The highest BCUT2D eigenvalue weighted by Gasteiger charge is 2.18. The Morgan fingerprint density at radius 1 is 1.26 bits per heavy atom. The van der Waals surface area contributed by atoms with Crippen molar-refractivity contribution in [3.8, 4) is 17.3 Å². The SMILES string of the molecule is Cc1ccc2ncccc2c1-c1nc(C)c(C(=O)O)cc1C#N. The fourth-order valence-corrected chi connectivity index (χ4v) is 2.67. The molecule has 0 saturated carbocycles. The fourth-order valence-electron chi connectivity index (χ4n) is 2.67. The summed E-state index contributed by atoms with van der Waals surface area (Å²) in [6.07, 6.45) is 1.71. The summed E-state index contributed by atoms with van der Waals surface area (Å²) in [7, 11) is 0. The third kappa shape index (κ3) is 2.40. The number of hydrogen-bond donors (Lipinski definition) is 1. The van der Waals surface area contributed by atoms with Crippen molar-refractivity contribution < 1.29 is 9.90 Å². The first-order valence-corrected chi connectivity index (χ1v) is 7.02. The summed E-state index contributed by atoms with van der Waals surface area (Å²) < 4.78 is 0. The number of carboxylic acid groups (broad SMARTS) is 1. The van der Waals surface area contributed by atoms with E-state index in [9.17, 15) is 15.2 Å². The summed E-state index contributed by atoms with van der Waals surface area (Å²) in [5.74, 6) is -1.09. The molecular weight excluding hydrogens is 290 g/mol. The Balaban J connectivity index is 2.40. The van der Waals surface area contributed by atoms with E-state index >= 15 is 0 Å². The van der Waals surface area contributed by atoms with Gasteiger partial charge in [0.2, 0.25) is 0 Å². The Hall–Kier alpha value is -3.26. The predicted octanol–water partition coefficient (Wildman–Crippen LogP) is 3.48. The molecule has 0 atom stereocenters. The van der Waals surface area contributed by atoms with Crippen LogP contribution in [0.25, 0.3) is 22.2 Å². The molecule has 112 valence electrons. The zero-order valence-corrected chi connectivity index (χ0v) is 12.7. The number of aryl methyl sites for hydroxylation is 2. The van der Waals surface area contributed by atoms with Gasteiger partial charge in [-0.05, 0) is 37.6 Å². The van der Waals surface area contributed by atoms with E-state index < -0.39 is 5.97 Å². The van der Waals surface area contributed by atoms with Crippen molar-refractivity contribution >= 4 is 16.9 Å². The Labute approximate surface area is 132 Å². The number of aromatic nitrogens is 2. The lowest BCUT2D eigenvalue weighted by Crippen LogP contribution is -2.05. The molecule has 5 nitrogen and oxygen atoms in total. The molecule has 0 unspecified atom stereocenters.